The largest absolute Gasteiger partial charge is 0.478 e. The lowest BCUT2D eigenvalue weighted by molar-refractivity contribution is -0.140. The Labute approximate surface area is 115 Å². The summed E-state index contributed by atoms with van der Waals surface area (Å²) in [5.74, 6) is -2.00. The number of carbonyl (C=O) groups excluding carboxylic acids is 2. The molecule has 1 amide bonds. The summed E-state index contributed by atoms with van der Waals surface area (Å²) in [5.41, 5.74) is 1.33. The van der Waals surface area contributed by atoms with Crippen molar-refractivity contribution in [1.29, 1.82) is 0 Å². The van der Waals surface area contributed by atoms with Gasteiger partial charge in [-0.2, -0.15) is 0 Å². The number of rotatable bonds is 4. The molecule has 6 nitrogen and oxygen atoms in total. The molecule has 0 atom stereocenters. The number of amides is 1. The molecule has 0 aliphatic carbocycles. The van der Waals surface area contributed by atoms with Crippen molar-refractivity contribution in [2.24, 2.45) is 0 Å². The van der Waals surface area contributed by atoms with Crippen molar-refractivity contribution in [3.8, 4) is 0 Å². The Morgan fingerprint density at radius 1 is 1.35 bits per heavy atom. The number of fused-ring (bicyclic) bond motifs is 1. The summed E-state index contributed by atoms with van der Waals surface area (Å²) in [7, 11) is 0. The first-order chi connectivity index (χ1) is 9.50. The standard InChI is InChI=1S/C14H13NO5/c1-9(16)20-7-6-15-12-5-3-2-4-10(12)11(14(15)19)8-13(17)18/h2-5,8H,6-7H2,1H3,(H,17,18)/b11-8+. The molecule has 104 valence electrons. The number of hydrogen-bond acceptors (Lipinski definition) is 4. The second kappa shape index (κ2) is 5.56. The van der Waals surface area contributed by atoms with Crippen molar-refractivity contribution in [2.75, 3.05) is 18.1 Å². The first-order valence-corrected chi connectivity index (χ1v) is 6.00. The van der Waals surface area contributed by atoms with Gasteiger partial charge in [-0.3, -0.25) is 9.59 Å². The van der Waals surface area contributed by atoms with Crippen LogP contribution in [0.15, 0.2) is 30.3 Å². The summed E-state index contributed by atoms with van der Waals surface area (Å²) in [4.78, 5) is 35.2. The Bertz CT molecular complexity index is 605. The van der Waals surface area contributed by atoms with Crippen LogP contribution in [-0.4, -0.2) is 36.1 Å². The van der Waals surface area contributed by atoms with Crippen molar-refractivity contribution in [1.82, 2.24) is 0 Å². The number of esters is 1. The van der Waals surface area contributed by atoms with Gasteiger partial charge in [0.1, 0.15) is 6.61 Å². The highest BCUT2D eigenvalue weighted by Gasteiger charge is 2.32. The van der Waals surface area contributed by atoms with Gasteiger partial charge >= 0.3 is 11.9 Å². The third-order valence-electron chi connectivity index (χ3n) is 2.85. The number of hydrogen-bond donors (Lipinski definition) is 1. The Morgan fingerprint density at radius 3 is 2.70 bits per heavy atom. The SMILES string of the molecule is CC(=O)OCCN1C(=O)/C(=C/C(=O)O)c2ccccc21. The van der Waals surface area contributed by atoms with Crippen LogP contribution in [0, 0.1) is 0 Å². The average molecular weight is 275 g/mol. The molecule has 2 rings (SSSR count). The highest BCUT2D eigenvalue weighted by atomic mass is 16.5. The summed E-state index contributed by atoms with van der Waals surface area (Å²) in [6.07, 6.45) is 0.896. The van der Waals surface area contributed by atoms with Crippen molar-refractivity contribution in [3.05, 3.63) is 35.9 Å². The van der Waals surface area contributed by atoms with E-state index in [2.05, 4.69) is 0 Å². The van der Waals surface area contributed by atoms with Crippen LogP contribution in [0.1, 0.15) is 12.5 Å². The predicted molar refractivity (Wildman–Crippen MR) is 71.0 cm³/mol. The van der Waals surface area contributed by atoms with Crippen LogP contribution in [0.5, 0.6) is 0 Å². The van der Waals surface area contributed by atoms with Crippen LogP contribution in [0.2, 0.25) is 0 Å². The Kier molecular flexibility index (Phi) is 3.84. The fourth-order valence-corrected chi connectivity index (χ4v) is 2.07. The first-order valence-electron chi connectivity index (χ1n) is 6.00. The van der Waals surface area contributed by atoms with E-state index < -0.39 is 17.8 Å². The quantitative estimate of drug-likeness (QED) is 0.656. The Hall–Kier alpha value is -2.63. The molecule has 1 aromatic carbocycles. The molecule has 0 spiro atoms. The highest BCUT2D eigenvalue weighted by Crippen LogP contribution is 2.36. The van der Waals surface area contributed by atoms with E-state index in [1.807, 2.05) is 0 Å². The maximum atomic E-state index is 12.2. The number of benzene rings is 1. The Morgan fingerprint density at radius 2 is 2.05 bits per heavy atom. The van der Waals surface area contributed by atoms with Gasteiger partial charge in [0.05, 0.1) is 17.8 Å². The highest BCUT2D eigenvalue weighted by molar-refractivity contribution is 6.34. The Balaban J connectivity index is 2.29. The normalized spacial score (nSPS) is 15.3. The van der Waals surface area contributed by atoms with Gasteiger partial charge in [0.25, 0.3) is 5.91 Å². The van der Waals surface area contributed by atoms with Gasteiger partial charge in [-0.05, 0) is 6.07 Å². The second-order valence-corrected chi connectivity index (χ2v) is 4.21. The lowest BCUT2D eigenvalue weighted by atomic mass is 10.1. The summed E-state index contributed by atoms with van der Waals surface area (Å²) < 4.78 is 4.81. The molecule has 20 heavy (non-hydrogen) atoms. The number of carbonyl (C=O) groups is 3. The molecule has 0 aromatic heterocycles. The maximum Gasteiger partial charge on any atom is 0.329 e. The lowest BCUT2D eigenvalue weighted by Gasteiger charge is -2.16. The molecule has 0 saturated carbocycles. The third-order valence-corrected chi connectivity index (χ3v) is 2.85. The zero-order valence-corrected chi connectivity index (χ0v) is 10.8. The van der Waals surface area contributed by atoms with Crippen LogP contribution in [-0.2, 0) is 19.1 Å². The number of carboxylic acids is 1. The summed E-state index contributed by atoms with van der Waals surface area (Å²) in [6, 6.07) is 6.91. The maximum absolute atomic E-state index is 12.2. The zero-order valence-electron chi connectivity index (χ0n) is 10.8. The van der Waals surface area contributed by atoms with Gasteiger partial charge in [0.15, 0.2) is 0 Å². The minimum Gasteiger partial charge on any atom is -0.478 e. The van der Waals surface area contributed by atoms with Crippen molar-refractivity contribution < 1.29 is 24.2 Å². The van der Waals surface area contributed by atoms with Gasteiger partial charge in [-0.1, -0.05) is 18.2 Å². The van der Waals surface area contributed by atoms with Gasteiger partial charge in [-0.15, -0.1) is 0 Å². The molecule has 0 unspecified atom stereocenters. The van der Waals surface area contributed by atoms with Gasteiger partial charge in [-0.25, -0.2) is 4.79 Å². The minimum absolute atomic E-state index is 0.0652. The van der Waals surface area contributed by atoms with E-state index in [1.165, 1.54) is 11.8 Å². The number of anilines is 1. The third kappa shape index (κ3) is 2.69. The van der Waals surface area contributed by atoms with Gasteiger partial charge < -0.3 is 14.7 Å². The van der Waals surface area contributed by atoms with E-state index in [4.69, 9.17) is 9.84 Å². The lowest BCUT2D eigenvalue weighted by Crippen LogP contribution is -2.30. The monoisotopic (exact) mass is 275 g/mol. The van der Waals surface area contributed by atoms with Crippen molar-refractivity contribution in [3.63, 3.8) is 0 Å². The molecular weight excluding hydrogens is 262 g/mol. The molecule has 0 radical (unpaired) electrons. The predicted octanol–water partition coefficient (Wildman–Crippen LogP) is 1.06. The number of ether oxygens (including phenoxy) is 1. The molecular formula is C14H13NO5. The van der Waals surface area contributed by atoms with Gasteiger partial charge in [0, 0.05) is 18.6 Å². The van der Waals surface area contributed by atoms with E-state index in [0.717, 1.165) is 6.08 Å². The smallest absolute Gasteiger partial charge is 0.329 e. The van der Waals surface area contributed by atoms with Crippen molar-refractivity contribution >= 4 is 29.1 Å². The molecule has 0 saturated heterocycles. The second-order valence-electron chi connectivity index (χ2n) is 4.21. The molecule has 1 aliphatic heterocycles. The molecule has 1 heterocycles. The molecule has 0 bridgehead atoms. The summed E-state index contributed by atoms with van der Waals surface area (Å²) in [5, 5.41) is 8.84. The van der Waals surface area contributed by atoms with Crippen LogP contribution in [0.25, 0.3) is 5.57 Å². The summed E-state index contributed by atoms with van der Waals surface area (Å²) in [6.45, 7) is 1.54. The molecule has 0 fully saturated rings. The first kappa shape index (κ1) is 13.8. The molecule has 1 aliphatic rings. The van der Waals surface area contributed by atoms with E-state index in [9.17, 15) is 14.4 Å². The number of aliphatic carboxylic acids is 1. The number of carboxylic acid groups (broad SMARTS) is 1. The number of para-hydroxylation sites is 1. The average Bonchev–Trinajstić information content (AvgIpc) is 2.64. The van der Waals surface area contributed by atoms with E-state index in [-0.39, 0.29) is 18.7 Å². The van der Waals surface area contributed by atoms with Crippen LogP contribution >= 0.6 is 0 Å². The van der Waals surface area contributed by atoms with Crippen LogP contribution in [0.3, 0.4) is 0 Å². The number of nitrogens with zero attached hydrogens (tertiary/aromatic N) is 1. The van der Waals surface area contributed by atoms with E-state index >= 15 is 0 Å². The summed E-state index contributed by atoms with van der Waals surface area (Å²) >= 11 is 0. The zero-order chi connectivity index (χ0) is 14.7. The van der Waals surface area contributed by atoms with E-state index in [1.54, 1.807) is 24.3 Å². The fraction of sp³-hybridized carbons (Fsp3) is 0.214. The molecule has 1 aromatic rings. The van der Waals surface area contributed by atoms with Gasteiger partial charge in [0.2, 0.25) is 0 Å². The fourth-order valence-electron chi connectivity index (χ4n) is 2.07. The molecule has 1 N–H and O–H groups in total. The van der Waals surface area contributed by atoms with Crippen LogP contribution < -0.4 is 4.90 Å². The minimum atomic E-state index is -1.18. The van der Waals surface area contributed by atoms with E-state index in [0.29, 0.717) is 11.3 Å². The van der Waals surface area contributed by atoms with Crippen molar-refractivity contribution in [2.45, 2.75) is 6.92 Å². The molecule has 6 heteroatoms. The van der Waals surface area contributed by atoms with Crippen LogP contribution in [0.4, 0.5) is 5.69 Å². The topological polar surface area (TPSA) is 83.9 Å².